The average Bonchev–Trinajstić information content (AvgIpc) is 3.00. The Morgan fingerprint density at radius 3 is 2.56 bits per heavy atom. The summed E-state index contributed by atoms with van der Waals surface area (Å²) in [7, 11) is 0. The Bertz CT molecular complexity index is 711. The second-order valence-corrected chi connectivity index (χ2v) is 8.65. The lowest BCUT2D eigenvalue weighted by molar-refractivity contribution is -0.123. The van der Waals surface area contributed by atoms with E-state index in [1.807, 2.05) is 51.1 Å². The van der Waals surface area contributed by atoms with E-state index in [0.29, 0.717) is 16.0 Å². The molecule has 2 amide bonds. The van der Waals surface area contributed by atoms with Crippen LogP contribution in [0, 0.1) is 5.41 Å². The molecule has 0 radical (unpaired) electrons. The van der Waals surface area contributed by atoms with Crippen LogP contribution in [0.15, 0.2) is 34.7 Å². The minimum atomic E-state index is -0.488. The second kappa shape index (κ2) is 8.96. The quantitative estimate of drug-likeness (QED) is 0.572. The molecule has 0 atom stereocenters. The van der Waals surface area contributed by atoms with Gasteiger partial charge in [0.25, 0.3) is 0 Å². The predicted molar refractivity (Wildman–Crippen MR) is 102 cm³/mol. The molecule has 2 N–H and O–H groups in total. The molecular formula is C17H22N4O2S2. The fourth-order valence-electron chi connectivity index (χ4n) is 1.77. The number of anilines is 1. The number of amides is 2. The fraction of sp³-hybridized carbons (Fsp3) is 0.412. The highest BCUT2D eigenvalue weighted by atomic mass is 32.2. The van der Waals surface area contributed by atoms with Gasteiger partial charge in [0.05, 0.1) is 5.75 Å². The van der Waals surface area contributed by atoms with Gasteiger partial charge in [0, 0.05) is 12.0 Å². The molecule has 2 aromatic rings. The number of hydrogen-bond acceptors (Lipinski definition) is 6. The van der Waals surface area contributed by atoms with E-state index in [1.54, 1.807) is 0 Å². The van der Waals surface area contributed by atoms with Crippen LogP contribution in [0.3, 0.4) is 0 Å². The molecular weight excluding hydrogens is 356 g/mol. The van der Waals surface area contributed by atoms with E-state index in [-0.39, 0.29) is 17.6 Å². The van der Waals surface area contributed by atoms with Crippen molar-refractivity contribution in [3.05, 3.63) is 35.9 Å². The van der Waals surface area contributed by atoms with Crippen LogP contribution in [-0.4, -0.2) is 34.3 Å². The molecule has 25 heavy (non-hydrogen) atoms. The van der Waals surface area contributed by atoms with E-state index in [4.69, 9.17) is 0 Å². The van der Waals surface area contributed by atoms with Gasteiger partial charge in [-0.2, -0.15) is 0 Å². The summed E-state index contributed by atoms with van der Waals surface area (Å²) >= 11 is 2.58. The Morgan fingerprint density at radius 1 is 1.16 bits per heavy atom. The number of nitrogens with zero attached hydrogens (tertiary/aromatic N) is 2. The topological polar surface area (TPSA) is 84.0 Å². The summed E-state index contributed by atoms with van der Waals surface area (Å²) in [6.45, 7) is 6.10. The summed E-state index contributed by atoms with van der Waals surface area (Å²) in [5, 5.41) is 14.0. The maximum absolute atomic E-state index is 11.9. The van der Waals surface area contributed by atoms with Gasteiger partial charge in [0.2, 0.25) is 16.9 Å². The highest BCUT2D eigenvalue weighted by molar-refractivity contribution is 8.01. The first kappa shape index (κ1) is 19.4. The molecule has 8 heteroatoms. The van der Waals surface area contributed by atoms with Gasteiger partial charge in [-0.25, -0.2) is 0 Å². The highest BCUT2D eigenvalue weighted by Crippen LogP contribution is 2.26. The van der Waals surface area contributed by atoms with Gasteiger partial charge in [-0.1, -0.05) is 74.2 Å². The number of nitrogens with one attached hydrogen (secondary N) is 2. The summed E-state index contributed by atoms with van der Waals surface area (Å²) in [6.07, 6.45) is 0.805. The van der Waals surface area contributed by atoms with Crippen LogP contribution in [0.25, 0.3) is 0 Å². The third kappa shape index (κ3) is 6.83. The fourth-order valence-corrected chi connectivity index (χ4v) is 3.35. The number of benzene rings is 1. The monoisotopic (exact) mass is 378 g/mol. The Balaban J connectivity index is 1.70. The van der Waals surface area contributed by atoms with E-state index in [9.17, 15) is 9.59 Å². The number of rotatable bonds is 7. The highest BCUT2D eigenvalue weighted by Gasteiger charge is 2.22. The molecule has 1 aromatic carbocycles. The van der Waals surface area contributed by atoms with Crippen molar-refractivity contribution < 1.29 is 9.59 Å². The summed E-state index contributed by atoms with van der Waals surface area (Å²) < 4.78 is 0.655. The van der Waals surface area contributed by atoms with Crippen LogP contribution in [0.1, 0.15) is 26.3 Å². The molecule has 0 bridgehead atoms. The van der Waals surface area contributed by atoms with Gasteiger partial charge < -0.3 is 10.6 Å². The molecule has 0 aliphatic heterocycles. The maximum Gasteiger partial charge on any atom is 0.231 e. The van der Waals surface area contributed by atoms with Gasteiger partial charge in [-0.15, -0.1) is 10.2 Å². The van der Waals surface area contributed by atoms with Crippen molar-refractivity contribution in [3.8, 4) is 0 Å². The van der Waals surface area contributed by atoms with Crippen molar-refractivity contribution in [3.63, 3.8) is 0 Å². The van der Waals surface area contributed by atoms with E-state index in [2.05, 4.69) is 20.8 Å². The molecule has 134 valence electrons. The summed E-state index contributed by atoms with van der Waals surface area (Å²) in [5.74, 6) is 0.117. The predicted octanol–water partition coefficient (Wildman–Crippen LogP) is 2.97. The smallest absolute Gasteiger partial charge is 0.231 e. The molecule has 2 rings (SSSR count). The van der Waals surface area contributed by atoms with Crippen LogP contribution in [-0.2, 0) is 16.0 Å². The molecule has 1 aromatic heterocycles. The van der Waals surface area contributed by atoms with Crippen molar-refractivity contribution in [2.24, 2.45) is 5.41 Å². The van der Waals surface area contributed by atoms with Crippen molar-refractivity contribution >= 4 is 40.0 Å². The Kier molecular flexibility index (Phi) is 6.95. The molecule has 0 saturated heterocycles. The zero-order chi connectivity index (χ0) is 18.3. The molecule has 6 nitrogen and oxygen atoms in total. The third-order valence-corrected chi connectivity index (χ3v) is 5.19. The van der Waals surface area contributed by atoms with Crippen LogP contribution >= 0.6 is 23.1 Å². The third-order valence-electron chi connectivity index (χ3n) is 3.21. The SMILES string of the molecule is CC(C)(C)C(=O)Nc1nnc(SCC(=O)NCCc2ccccc2)s1. The normalized spacial score (nSPS) is 11.2. The first-order valence-electron chi connectivity index (χ1n) is 7.93. The van der Waals surface area contributed by atoms with Gasteiger partial charge in [-0.3, -0.25) is 9.59 Å². The lowest BCUT2D eigenvalue weighted by Gasteiger charge is -2.15. The van der Waals surface area contributed by atoms with Gasteiger partial charge in [0.15, 0.2) is 4.34 Å². The van der Waals surface area contributed by atoms with E-state index in [1.165, 1.54) is 28.7 Å². The first-order chi connectivity index (χ1) is 11.8. The molecule has 0 saturated carbocycles. The number of carbonyl (C=O) groups is 2. The zero-order valence-corrected chi connectivity index (χ0v) is 16.2. The first-order valence-corrected chi connectivity index (χ1v) is 9.73. The van der Waals surface area contributed by atoms with Crippen molar-refractivity contribution in [2.75, 3.05) is 17.6 Å². The minimum absolute atomic E-state index is 0.0450. The summed E-state index contributed by atoms with van der Waals surface area (Å²) in [6, 6.07) is 10.0. The van der Waals surface area contributed by atoms with E-state index in [0.717, 1.165) is 6.42 Å². The minimum Gasteiger partial charge on any atom is -0.355 e. The molecule has 0 spiro atoms. The average molecular weight is 379 g/mol. The van der Waals surface area contributed by atoms with Crippen LogP contribution in [0.4, 0.5) is 5.13 Å². The van der Waals surface area contributed by atoms with Gasteiger partial charge >= 0.3 is 0 Å². The van der Waals surface area contributed by atoms with Crippen LogP contribution in [0.5, 0.6) is 0 Å². The van der Waals surface area contributed by atoms with Crippen LogP contribution < -0.4 is 10.6 Å². The molecule has 0 aliphatic carbocycles. The van der Waals surface area contributed by atoms with Crippen molar-refractivity contribution in [1.82, 2.24) is 15.5 Å². The number of thioether (sulfide) groups is 1. The maximum atomic E-state index is 11.9. The van der Waals surface area contributed by atoms with Crippen molar-refractivity contribution in [1.29, 1.82) is 0 Å². The Morgan fingerprint density at radius 2 is 1.88 bits per heavy atom. The van der Waals surface area contributed by atoms with E-state index < -0.39 is 5.41 Å². The van der Waals surface area contributed by atoms with Gasteiger partial charge in [0.1, 0.15) is 0 Å². The number of hydrogen-bond donors (Lipinski definition) is 2. The van der Waals surface area contributed by atoms with E-state index >= 15 is 0 Å². The van der Waals surface area contributed by atoms with Gasteiger partial charge in [-0.05, 0) is 12.0 Å². The lowest BCUT2D eigenvalue weighted by Crippen LogP contribution is -2.27. The second-order valence-electron chi connectivity index (χ2n) is 6.45. The molecule has 0 fully saturated rings. The van der Waals surface area contributed by atoms with Crippen molar-refractivity contribution in [2.45, 2.75) is 31.5 Å². The molecule has 0 unspecified atom stereocenters. The standard InChI is InChI=1S/C17H22N4O2S2/c1-17(2,3)14(23)19-15-20-21-16(25-15)24-11-13(22)18-10-9-12-7-5-4-6-8-12/h4-8H,9-11H2,1-3H3,(H,18,22)(H,19,20,23). The Labute approximate surface area is 155 Å². The zero-order valence-electron chi connectivity index (χ0n) is 14.5. The lowest BCUT2D eigenvalue weighted by atomic mass is 9.96. The summed E-state index contributed by atoms with van der Waals surface area (Å²) in [5.41, 5.74) is 0.705. The number of carbonyl (C=O) groups excluding carboxylic acids is 2. The Hall–Kier alpha value is -1.93. The molecule has 0 aliphatic rings. The summed E-state index contributed by atoms with van der Waals surface area (Å²) in [4.78, 5) is 23.8. The largest absolute Gasteiger partial charge is 0.355 e. The van der Waals surface area contributed by atoms with Crippen LogP contribution in [0.2, 0.25) is 0 Å². The number of aromatic nitrogens is 2. The molecule has 1 heterocycles.